The summed E-state index contributed by atoms with van der Waals surface area (Å²) in [7, 11) is 0. The molecule has 0 bridgehead atoms. The van der Waals surface area contributed by atoms with Gasteiger partial charge in [0.05, 0.1) is 6.42 Å². The van der Waals surface area contributed by atoms with E-state index in [0.29, 0.717) is 5.56 Å². The van der Waals surface area contributed by atoms with E-state index >= 15 is 0 Å². The maximum absolute atomic E-state index is 13.3. The molecule has 5 heteroatoms. The maximum Gasteiger partial charge on any atom is 0.303 e. The standard InChI is InChI=1S/C13H16FNO3/c1-9(6-13(17)18)8-15-12(16)7-10-4-2-3-5-11(10)14/h2-5,9H,6-8H2,1H3,(H,15,16)(H,17,18). The zero-order valence-corrected chi connectivity index (χ0v) is 10.1. The molecule has 0 spiro atoms. The number of hydrogen-bond donors (Lipinski definition) is 2. The molecular weight excluding hydrogens is 237 g/mol. The lowest BCUT2D eigenvalue weighted by molar-refractivity contribution is -0.138. The molecule has 1 rings (SSSR count). The molecule has 0 saturated heterocycles. The molecule has 0 radical (unpaired) electrons. The lowest BCUT2D eigenvalue weighted by atomic mass is 10.1. The lowest BCUT2D eigenvalue weighted by Crippen LogP contribution is -2.30. The van der Waals surface area contributed by atoms with Gasteiger partial charge in [-0.05, 0) is 17.5 Å². The minimum atomic E-state index is -0.897. The minimum absolute atomic E-state index is 0.0000217. The number of nitrogens with one attached hydrogen (secondary N) is 1. The Hall–Kier alpha value is -1.91. The summed E-state index contributed by atoms with van der Waals surface area (Å²) in [6.45, 7) is 2.01. The molecule has 98 valence electrons. The number of amides is 1. The van der Waals surface area contributed by atoms with Crippen LogP contribution in [0.4, 0.5) is 4.39 Å². The molecular formula is C13H16FNO3. The van der Waals surface area contributed by atoms with Crippen molar-refractivity contribution in [2.24, 2.45) is 5.92 Å². The van der Waals surface area contributed by atoms with Gasteiger partial charge in [-0.1, -0.05) is 25.1 Å². The quantitative estimate of drug-likeness (QED) is 0.809. The second-order valence-corrected chi connectivity index (χ2v) is 4.28. The summed E-state index contributed by atoms with van der Waals surface area (Å²) in [5.74, 6) is -1.76. The summed E-state index contributed by atoms with van der Waals surface area (Å²) in [6.07, 6.45) is -0.0353. The third-order valence-electron chi connectivity index (χ3n) is 2.48. The summed E-state index contributed by atoms with van der Waals surface area (Å²) in [6, 6.07) is 6.08. The second kappa shape index (κ2) is 6.74. The lowest BCUT2D eigenvalue weighted by Gasteiger charge is -2.10. The van der Waals surface area contributed by atoms with Gasteiger partial charge in [0.15, 0.2) is 0 Å². The van der Waals surface area contributed by atoms with E-state index < -0.39 is 11.8 Å². The van der Waals surface area contributed by atoms with Crippen LogP contribution in [0.2, 0.25) is 0 Å². The Balaban J connectivity index is 2.39. The maximum atomic E-state index is 13.3. The number of carbonyl (C=O) groups excluding carboxylic acids is 1. The van der Waals surface area contributed by atoms with Crippen molar-refractivity contribution in [2.45, 2.75) is 19.8 Å². The van der Waals surface area contributed by atoms with Crippen molar-refractivity contribution in [3.8, 4) is 0 Å². The molecule has 0 saturated carbocycles. The van der Waals surface area contributed by atoms with Crippen LogP contribution in [0, 0.1) is 11.7 Å². The van der Waals surface area contributed by atoms with Crippen molar-refractivity contribution in [1.29, 1.82) is 0 Å². The molecule has 0 fully saturated rings. The molecule has 1 unspecified atom stereocenters. The van der Waals surface area contributed by atoms with Crippen molar-refractivity contribution < 1.29 is 19.1 Å². The van der Waals surface area contributed by atoms with Gasteiger partial charge < -0.3 is 10.4 Å². The first-order valence-corrected chi connectivity index (χ1v) is 5.71. The predicted octanol–water partition coefficient (Wildman–Crippen LogP) is 1.60. The smallest absolute Gasteiger partial charge is 0.303 e. The number of carbonyl (C=O) groups is 2. The molecule has 1 amide bonds. The Morgan fingerprint density at radius 3 is 2.67 bits per heavy atom. The van der Waals surface area contributed by atoms with Gasteiger partial charge in [-0.3, -0.25) is 9.59 Å². The third-order valence-corrected chi connectivity index (χ3v) is 2.48. The number of halogens is 1. The monoisotopic (exact) mass is 253 g/mol. The average molecular weight is 253 g/mol. The van der Waals surface area contributed by atoms with E-state index in [1.165, 1.54) is 6.07 Å². The van der Waals surface area contributed by atoms with Gasteiger partial charge in [-0.25, -0.2) is 4.39 Å². The van der Waals surface area contributed by atoms with Crippen LogP contribution in [0.25, 0.3) is 0 Å². The molecule has 4 nitrogen and oxygen atoms in total. The molecule has 2 N–H and O–H groups in total. The van der Waals surface area contributed by atoms with E-state index in [4.69, 9.17) is 5.11 Å². The fourth-order valence-electron chi connectivity index (χ4n) is 1.54. The second-order valence-electron chi connectivity index (χ2n) is 4.28. The SMILES string of the molecule is CC(CNC(=O)Cc1ccccc1F)CC(=O)O. The first-order valence-electron chi connectivity index (χ1n) is 5.71. The Labute approximate surface area is 105 Å². The highest BCUT2D eigenvalue weighted by Gasteiger charge is 2.11. The van der Waals surface area contributed by atoms with Crippen LogP contribution in [0.3, 0.4) is 0 Å². The Bertz CT molecular complexity index is 434. The number of rotatable bonds is 6. The van der Waals surface area contributed by atoms with Crippen molar-refractivity contribution >= 4 is 11.9 Å². The van der Waals surface area contributed by atoms with Crippen LogP contribution < -0.4 is 5.32 Å². The van der Waals surface area contributed by atoms with Gasteiger partial charge in [0.1, 0.15) is 5.82 Å². The Morgan fingerprint density at radius 2 is 2.06 bits per heavy atom. The van der Waals surface area contributed by atoms with Gasteiger partial charge in [0.25, 0.3) is 0 Å². The van der Waals surface area contributed by atoms with Gasteiger partial charge in [0.2, 0.25) is 5.91 Å². The van der Waals surface area contributed by atoms with Crippen molar-refractivity contribution in [2.75, 3.05) is 6.54 Å². The molecule has 0 aromatic heterocycles. The third kappa shape index (κ3) is 4.95. The summed E-state index contributed by atoms with van der Waals surface area (Å²) < 4.78 is 13.3. The van der Waals surface area contributed by atoms with E-state index in [9.17, 15) is 14.0 Å². The highest BCUT2D eigenvalue weighted by atomic mass is 19.1. The number of benzene rings is 1. The summed E-state index contributed by atoms with van der Waals surface area (Å²) in [5, 5.41) is 11.2. The van der Waals surface area contributed by atoms with Crippen LogP contribution >= 0.6 is 0 Å². The number of aliphatic carboxylic acids is 1. The predicted molar refractivity (Wildman–Crippen MR) is 64.5 cm³/mol. The van der Waals surface area contributed by atoms with E-state index in [2.05, 4.69) is 5.32 Å². The summed E-state index contributed by atoms with van der Waals surface area (Å²) >= 11 is 0. The molecule has 0 aliphatic rings. The van der Waals surface area contributed by atoms with E-state index in [1.54, 1.807) is 25.1 Å². The molecule has 1 aromatic rings. The van der Waals surface area contributed by atoms with Gasteiger partial charge in [-0.15, -0.1) is 0 Å². The van der Waals surface area contributed by atoms with Gasteiger partial charge in [0, 0.05) is 13.0 Å². The molecule has 18 heavy (non-hydrogen) atoms. The molecule has 0 aliphatic heterocycles. The summed E-state index contributed by atoms with van der Waals surface area (Å²) in [5.41, 5.74) is 0.334. The molecule has 0 aliphatic carbocycles. The Kier molecular flexibility index (Phi) is 5.30. The van der Waals surface area contributed by atoms with Crippen molar-refractivity contribution in [1.82, 2.24) is 5.32 Å². The largest absolute Gasteiger partial charge is 0.481 e. The van der Waals surface area contributed by atoms with Crippen LogP contribution in [0.5, 0.6) is 0 Å². The van der Waals surface area contributed by atoms with E-state index in [1.807, 2.05) is 0 Å². The normalized spacial score (nSPS) is 11.9. The number of hydrogen-bond acceptors (Lipinski definition) is 2. The van der Waals surface area contributed by atoms with E-state index in [0.717, 1.165) is 0 Å². The van der Waals surface area contributed by atoms with Crippen LogP contribution in [-0.2, 0) is 16.0 Å². The highest BCUT2D eigenvalue weighted by Crippen LogP contribution is 2.07. The summed E-state index contributed by atoms with van der Waals surface area (Å²) in [4.78, 5) is 22.0. The van der Waals surface area contributed by atoms with E-state index in [-0.39, 0.29) is 31.2 Å². The molecule has 1 atom stereocenters. The number of carboxylic acid groups (broad SMARTS) is 1. The van der Waals surface area contributed by atoms with Crippen LogP contribution in [0.1, 0.15) is 18.9 Å². The van der Waals surface area contributed by atoms with Crippen LogP contribution in [-0.4, -0.2) is 23.5 Å². The minimum Gasteiger partial charge on any atom is -0.481 e. The molecule has 0 heterocycles. The fourth-order valence-corrected chi connectivity index (χ4v) is 1.54. The Morgan fingerprint density at radius 1 is 1.39 bits per heavy atom. The number of carboxylic acids is 1. The fraction of sp³-hybridized carbons (Fsp3) is 0.385. The van der Waals surface area contributed by atoms with Crippen LogP contribution in [0.15, 0.2) is 24.3 Å². The van der Waals surface area contributed by atoms with Crippen molar-refractivity contribution in [3.05, 3.63) is 35.6 Å². The van der Waals surface area contributed by atoms with Crippen molar-refractivity contribution in [3.63, 3.8) is 0 Å². The topological polar surface area (TPSA) is 66.4 Å². The first kappa shape index (κ1) is 14.2. The zero-order valence-electron chi connectivity index (χ0n) is 10.1. The first-order chi connectivity index (χ1) is 8.49. The zero-order chi connectivity index (χ0) is 13.5. The van der Waals surface area contributed by atoms with Gasteiger partial charge >= 0.3 is 5.97 Å². The molecule has 1 aromatic carbocycles. The highest BCUT2D eigenvalue weighted by molar-refractivity contribution is 5.78. The van der Waals surface area contributed by atoms with Gasteiger partial charge in [-0.2, -0.15) is 0 Å². The average Bonchev–Trinajstić information content (AvgIpc) is 2.29.